The van der Waals surface area contributed by atoms with Gasteiger partial charge in [-0.1, -0.05) is 0 Å². The maximum atomic E-state index is 10.8. The summed E-state index contributed by atoms with van der Waals surface area (Å²) in [5, 5.41) is 18.4. The second-order valence-corrected chi connectivity index (χ2v) is 3.93. The summed E-state index contributed by atoms with van der Waals surface area (Å²) in [7, 11) is 0. The number of aromatic nitrogens is 1. The van der Waals surface area contributed by atoms with Crippen molar-refractivity contribution in [2.24, 2.45) is 5.92 Å². The number of carboxylic acid groups (broad SMARTS) is 1. The highest BCUT2D eigenvalue weighted by Gasteiger charge is 2.25. The van der Waals surface area contributed by atoms with Crippen LogP contribution in [0.1, 0.15) is 34.6 Å². The van der Waals surface area contributed by atoms with Gasteiger partial charge in [-0.3, -0.25) is 0 Å². The van der Waals surface area contributed by atoms with E-state index in [0.717, 1.165) is 11.2 Å². The maximum absolute atomic E-state index is 10.8. The van der Waals surface area contributed by atoms with Crippen LogP contribution in [-0.2, 0) is 6.42 Å². The summed E-state index contributed by atoms with van der Waals surface area (Å²) in [6.07, 6.45) is 3.16. The minimum atomic E-state index is -1.08. The molecule has 2 N–H and O–H groups in total. The van der Waals surface area contributed by atoms with Crippen molar-refractivity contribution in [2.75, 3.05) is 0 Å². The van der Waals surface area contributed by atoms with Crippen LogP contribution in [0.3, 0.4) is 0 Å². The van der Waals surface area contributed by atoms with Gasteiger partial charge in [0, 0.05) is 0 Å². The molecule has 0 bridgehead atoms. The topological polar surface area (TPSA) is 62.5 Å². The Morgan fingerprint density at radius 2 is 2.29 bits per heavy atom. The average molecular weight is 195 g/mol. The van der Waals surface area contributed by atoms with Gasteiger partial charge in [0.2, 0.25) is 0 Å². The van der Waals surface area contributed by atoms with Gasteiger partial charge in [-0.2, -0.15) is 4.73 Å². The molecule has 76 valence electrons. The molecule has 0 atom stereocenters. The number of carboxylic acids is 1. The average Bonchev–Trinajstić information content (AvgIpc) is 2.81. The van der Waals surface area contributed by atoms with Crippen molar-refractivity contribution in [1.82, 2.24) is 4.73 Å². The van der Waals surface area contributed by atoms with Gasteiger partial charge in [-0.05, 0) is 43.7 Å². The molecule has 1 aromatic heterocycles. The van der Waals surface area contributed by atoms with E-state index in [1.807, 2.05) is 0 Å². The van der Waals surface area contributed by atoms with E-state index in [9.17, 15) is 10.0 Å². The standard InChI is InChI=1S/C10H13NO3/c1-6-4-8(5-7-2-3-7)11(14)9(6)10(12)13/h4,7,14H,2-3,5H2,1H3,(H,12,13). The Balaban J connectivity index is 2.32. The zero-order chi connectivity index (χ0) is 10.3. The summed E-state index contributed by atoms with van der Waals surface area (Å²) < 4.78 is 0.815. The van der Waals surface area contributed by atoms with Crippen LogP contribution in [0.4, 0.5) is 0 Å². The predicted molar refractivity (Wildman–Crippen MR) is 49.7 cm³/mol. The van der Waals surface area contributed by atoms with E-state index in [-0.39, 0.29) is 5.69 Å². The van der Waals surface area contributed by atoms with Gasteiger partial charge in [0.1, 0.15) is 0 Å². The first-order chi connectivity index (χ1) is 6.59. The van der Waals surface area contributed by atoms with Crippen molar-refractivity contribution in [3.05, 3.63) is 23.0 Å². The molecule has 0 radical (unpaired) electrons. The fourth-order valence-corrected chi connectivity index (χ4v) is 1.71. The second-order valence-electron chi connectivity index (χ2n) is 3.93. The molecule has 1 aliphatic rings. The fourth-order valence-electron chi connectivity index (χ4n) is 1.71. The highest BCUT2D eigenvalue weighted by atomic mass is 16.5. The van der Waals surface area contributed by atoms with E-state index in [1.54, 1.807) is 13.0 Å². The normalized spacial score (nSPS) is 15.8. The van der Waals surface area contributed by atoms with Crippen LogP contribution in [0.15, 0.2) is 6.07 Å². The third-order valence-corrected chi connectivity index (χ3v) is 2.64. The van der Waals surface area contributed by atoms with E-state index >= 15 is 0 Å². The molecule has 0 amide bonds. The number of nitrogens with zero attached hydrogens (tertiary/aromatic N) is 1. The number of hydrogen-bond acceptors (Lipinski definition) is 2. The predicted octanol–water partition coefficient (Wildman–Crippen LogP) is 1.68. The zero-order valence-corrected chi connectivity index (χ0v) is 8.03. The molecule has 0 spiro atoms. The second kappa shape index (κ2) is 3.04. The number of hydrogen-bond donors (Lipinski definition) is 2. The Kier molecular flexibility index (Phi) is 1.98. The van der Waals surface area contributed by atoms with Crippen LogP contribution < -0.4 is 0 Å². The maximum Gasteiger partial charge on any atom is 0.356 e. The minimum absolute atomic E-state index is 0.0133. The Morgan fingerprint density at radius 3 is 2.71 bits per heavy atom. The Hall–Kier alpha value is -1.45. The summed E-state index contributed by atoms with van der Waals surface area (Å²) in [6.45, 7) is 1.70. The molecule has 14 heavy (non-hydrogen) atoms. The van der Waals surface area contributed by atoms with E-state index in [0.29, 0.717) is 17.2 Å². The number of aromatic carboxylic acids is 1. The molecule has 2 rings (SSSR count). The van der Waals surface area contributed by atoms with Crippen molar-refractivity contribution in [3.63, 3.8) is 0 Å². The summed E-state index contributed by atoms with van der Waals surface area (Å²) >= 11 is 0. The van der Waals surface area contributed by atoms with Crippen molar-refractivity contribution in [1.29, 1.82) is 0 Å². The fraction of sp³-hybridized carbons (Fsp3) is 0.500. The van der Waals surface area contributed by atoms with Gasteiger partial charge in [0.05, 0.1) is 5.69 Å². The van der Waals surface area contributed by atoms with Gasteiger partial charge in [-0.15, -0.1) is 0 Å². The minimum Gasteiger partial charge on any atom is -0.476 e. The van der Waals surface area contributed by atoms with Crippen molar-refractivity contribution >= 4 is 5.97 Å². The lowest BCUT2D eigenvalue weighted by atomic mass is 10.2. The molecular formula is C10H13NO3. The lowest BCUT2D eigenvalue weighted by Crippen LogP contribution is -2.09. The molecular weight excluding hydrogens is 182 g/mol. The number of rotatable bonds is 3. The van der Waals surface area contributed by atoms with Crippen LogP contribution in [0.25, 0.3) is 0 Å². The van der Waals surface area contributed by atoms with Gasteiger partial charge in [0.25, 0.3) is 0 Å². The quantitative estimate of drug-likeness (QED) is 0.721. The van der Waals surface area contributed by atoms with Crippen LogP contribution in [0.2, 0.25) is 0 Å². The molecule has 4 heteroatoms. The molecule has 4 nitrogen and oxygen atoms in total. The molecule has 1 saturated carbocycles. The molecule has 0 aromatic carbocycles. The third-order valence-electron chi connectivity index (χ3n) is 2.64. The summed E-state index contributed by atoms with van der Waals surface area (Å²) in [4.78, 5) is 10.8. The highest BCUT2D eigenvalue weighted by Crippen LogP contribution is 2.33. The Bertz CT molecular complexity index is 377. The lowest BCUT2D eigenvalue weighted by Gasteiger charge is -2.01. The Morgan fingerprint density at radius 1 is 1.64 bits per heavy atom. The van der Waals surface area contributed by atoms with Gasteiger partial charge >= 0.3 is 5.97 Å². The van der Waals surface area contributed by atoms with Crippen LogP contribution in [-0.4, -0.2) is 21.0 Å². The first-order valence-corrected chi connectivity index (χ1v) is 4.73. The molecule has 1 heterocycles. The van der Waals surface area contributed by atoms with Crippen molar-refractivity contribution in [2.45, 2.75) is 26.2 Å². The van der Waals surface area contributed by atoms with E-state index in [1.165, 1.54) is 12.8 Å². The van der Waals surface area contributed by atoms with Crippen molar-refractivity contribution in [3.8, 4) is 0 Å². The highest BCUT2D eigenvalue weighted by molar-refractivity contribution is 5.87. The first kappa shape index (κ1) is 9.12. The molecule has 1 fully saturated rings. The largest absolute Gasteiger partial charge is 0.476 e. The number of carbonyl (C=O) groups is 1. The van der Waals surface area contributed by atoms with Crippen molar-refractivity contribution < 1.29 is 15.1 Å². The molecule has 0 unspecified atom stereocenters. The number of aryl methyl sites for hydroxylation is 1. The smallest absolute Gasteiger partial charge is 0.356 e. The zero-order valence-electron chi connectivity index (χ0n) is 8.03. The molecule has 0 saturated heterocycles. The van der Waals surface area contributed by atoms with Crippen LogP contribution in [0, 0.1) is 12.8 Å². The Labute approximate surface area is 81.7 Å². The monoisotopic (exact) mass is 195 g/mol. The molecule has 0 aliphatic heterocycles. The van der Waals surface area contributed by atoms with Gasteiger partial charge < -0.3 is 10.3 Å². The molecule has 1 aliphatic carbocycles. The van der Waals surface area contributed by atoms with Crippen LogP contribution in [0.5, 0.6) is 0 Å². The SMILES string of the molecule is Cc1cc(CC2CC2)n(O)c1C(=O)O. The summed E-state index contributed by atoms with van der Waals surface area (Å²) in [5.41, 5.74) is 1.32. The van der Waals surface area contributed by atoms with E-state index in [2.05, 4.69) is 0 Å². The summed E-state index contributed by atoms with van der Waals surface area (Å²) in [6, 6.07) is 1.75. The van der Waals surface area contributed by atoms with E-state index < -0.39 is 5.97 Å². The van der Waals surface area contributed by atoms with Crippen LogP contribution >= 0.6 is 0 Å². The summed E-state index contributed by atoms with van der Waals surface area (Å²) in [5.74, 6) is -0.441. The third kappa shape index (κ3) is 1.47. The molecule has 1 aromatic rings. The van der Waals surface area contributed by atoms with Gasteiger partial charge in [-0.25, -0.2) is 4.79 Å². The first-order valence-electron chi connectivity index (χ1n) is 4.73. The van der Waals surface area contributed by atoms with E-state index in [4.69, 9.17) is 5.11 Å². The van der Waals surface area contributed by atoms with Gasteiger partial charge in [0.15, 0.2) is 5.69 Å². The lowest BCUT2D eigenvalue weighted by molar-refractivity contribution is 0.0638.